The van der Waals surface area contributed by atoms with Crippen LogP contribution in [-0.4, -0.2) is 48.5 Å². The monoisotopic (exact) mass is 518 g/mol. The van der Waals surface area contributed by atoms with Gasteiger partial charge in [0.2, 0.25) is 5.95 Å². The Morgan fingerprint density at radius 1 is 0.919 bits per heavy atom. The molecule has 2 aromatic carbocycles. The van der Waals surface area contributed by atoms with Crippen molar-refractivity contribution >= 4 is 32.7 Å². The van der Waals surface area contributed by atoms with Gasteiger partial charge in [-0.1, -0.05) is 29.8 Å². The molecule has 0 unspecified atom stereocenters. The highest BCUT2D eigenvalue weighted by molar-refractivity contribution is 7.90. The molecule has 9 heteroatoms. The summed E-state index contributed by atoms with van der Waals surface area (Å²) in [6, 6.07) is 19.3. The van der Waals surface area contributed by atoms with Crippen LogP contribution in [-0.2, 0) is 16.6 Å². The third kappa shape index (κ3) is 5.47. The van der Waals surface area contributed by atoms with E-state index in [0.29, 0.717) is 29.5 Å². The van der Waals surface area contributed by atoms with Gasteiger partial charge in [0.25, 0.3) is 10.0 Å². The number of benzene rings is 2. The van der Waals surface area contributed by atoms with Gasteiger partial charge in [-0.25, -0.2) is 17.4 Å². The van der Waals surface area contributed by atoms with Crippen molar-refractivity contribution in [3.63, 3.8) is 0 Å². The molecule has 194 valence electrons. The molecule has 1 saturated carbocycles. The minimum Gasteiger partial charge on any atom is -0.362 e. The van der Waals surface area contributed by atoms with E-state index in [1.807, 2.05) is 68.4 Å². The summed E-state index contributed by atoms with van der Waals surface area (Å²) in [6.07, 6.45) is 5.61. The van der Waals surface area contributed by atoms with Crippen molar-refractivity contribution in [3.05, 3.63) is 78.1 Å². The molecule has 0 spiro atoms. The minimum absolute atomic E-state index is 0.301. The van der Waals surface area contributed by atoms with Gasteiger partial charge in [-0.15, -0.1) is 0 Å². The van der Waals surface area contributed by atoms with Gasteiger partial charge >= 0.3 is 0 Å². The molecule has 37 heavy (non-hydrogen) atoms. The maximum absolute atomic E-state index is 13.2. The first-order valence-electron chi connectivity index (χ1n) is 12.7. The third-order valence-corrected chi connectivity index (χ3v) is 8.75. The first-order valence-corrected chi connectivity index (χ1v) is 14.2. The van der Waals surface area contributed by atoms with Crippen molar-refractivity contribution in [2.24, 2.45) is 0 Å². The van der Waals surface area contributed by atoms with Crippen molar-refractivity contribution in [1.29, 1.82) is 0 Å². The summed E-state index contributed by atoms with van der Waals surface area (Å²) in [5.41, 5.74) is 2.70. The second kappa shape index (κ2) is 10.5. The summed E-state index contributed by atoms with van der Waals surface area (Å²) in [5, 5.41) is 8.17. The fraction of sp³-hybridized carbons (Fsp3) is 0.357. The van der Waals surface area contributed by atoms with Crippen molar-refractivity contribution < 1.29 is 8.42 Å². The number of para-hydroxylation sites is 1. The Bertz CT molecular complexity index is 1470. The Kier molecular flexibility index (Phi) is 7.17. The second-order valence-electron chi connectivity index (χ2n) is 9.97. The first-order chi connectivity index (χ1) is 17.8. The molecule has 1 fully saturated rings. The lowest BCUT2D eigenvalue weighted by Gasteiger charge is -2.30. The van der Waals surface area contributed by atoms with E-state index in [0.717, 1.165) is 53.7 Å². The van der Waals surface area contributed by atoms with E-state index in [1.165, 1.54) is 3.97 Å². The number of aryl methyl sites for hydroxylation is 1. The fourth-order valence-corrected chi connectivity index (χ4v) is 6.31. The lowest BCUT2D eigenvalue weighted by molar-refractivity contribution is 0.350. The summed E-state index contributed by atoms with van der Waals surface area (Å²) < 4.78 is 27.7. The Labute approximate surface area is 218 Å². The molecule has 2 aromatic heterocycles. The summed E-state index contributed by atoms with van der Waals surface area (Å²) in [4.78, 5) is 11.8. The SMILES string of the molecule is Cc1ccc(S(=O)(=O)n2cccc2CNC2CCC(Nc3nc(N(C)C)c4ccccc4n3)CC2)cc1. The number of fused-ring (bicyclic) bond motifs is 1. The molecule has 2 N–H and O–H groups in total. The highest BCUT2D eigenvalue weighted by atomic mass is 32.2. The van der Waals surface area contributed by atoms with Crippen LogP contribution in [0, 0.1) is 6.92 Å². The predicted octanol–water partition coefficient (Wildman–Crippen LogP) is 4.56. The Morgan fingerprint density at radius 2 is 1.62 bits per heavy atom. The molecule has 1 aliphatic rings. The van der Waals surface area contributed by atoms with E-state index < -0.39 is 10.0 Å². The van der Waals surface area contributed by atoms with E-state index in [4.69, 9.17) is 9.97 Å². The van der Waals surface area contributed by atoms with Crippen LogP contribution in [0.2, 0.25) is 0 Å². The number of anilines is 2. The van der Waals surface area contributed by atoms with Gasteiger partial charge in [0.1, 0.15) is 5.82 Å². The van der Waals surface area contributed by atoms with Crippen LogP contribution >= 0.6 is 0 Å². The molecule has 1 aliphatic carbocycles. The number of hydrogen-bond donors (Lipinski definition) is 2. The van der Waals surface area contributed by atoms with E-state index in [1.54, 1.807) is 24.4 Å². The Hall–Kier alpha value is -3.43. The number of nitrogens with one attached hydrogen (secondary N) is 2. The van der Waals surface area contributed by atoms with Gasteiger partial charge in [0.05, 0.1) is 10.4 Å². The minimum atomic E-state index is -3.62. The summed E-state index contributed by atoms with van der Waals surface area (Å²) in [5.74, 6) is 1.57. The first kappa shape index (κ1) is 25.2. The average Bonchev–Trinajstić information content (AvgIpc) is 3.38. The number of rotatable bonds is 8. The van der Waals surface area contributed by atoms with Gasteiger partial charge in [0, 0.05) is 50.0 Å². The Morgan fingerprint density at radius 3 is 2.35 bits per heavy atom. The molecule has 8 nitrogen and oxygen atoms in total. The quantitative estimate of drug-likeness (QED) is 0.353. The smallest absolute Gasteiger partial charge is 0.267 e. The van der Waals surface area contributed by atoms with Gasteiger partial charge in [-0.05, 0) is 69.0 Å². The second-order valence-corrected chi connectivity index (χ2v) is 11.8. The van der Waals surface area contributed by atoms with Gasteiger partial charge in [-0.2, -0.15) is 4.98 Å². The molecular weight excluding hydrogens is 484 g/mol. The van der Waals surface area contributed by atoms with Crippen molar-refractivity contribution in [3.8, 4) is 0 Å². The molecule has 0 bridgehead atoms. The molecule has 0 aliphatic heterocycles. The lowest BCUT2D eigenvalue weighted by atomic mass is 9.91. The van der Waals surface area contributed by atoms with Crippen LogP contribution in [0.25, 0.3) is 10.9 Å². The lowest BCUT2D eigenvalue weighted by Crippen LogP contribution is -2.37. The molecule has 0 atom stereocenters. The van der Waals surface area contributed by atoms with Crippen molar-refractivity contribution in [2.75, 3.05) is 24.3 Å². The van der Waals surface area contributed by atoms with E-state index in [-0.39, 0.29) is 0 Å². The van der Waals surface area contributed by atoms with Crippen molar-refractivity contribution in [1.82, 2.24) is 19.3 Å². The van der Waals surface area contributed by atoms with Crippen LogP contribution in [0.15, 0.2) is 71.8 Å². The standard InChI is InChI=1S/C28H34N6O2S/c1-20-10-16-24(17-11-20)37(35,36)34-18-6-7-23(34)19-29-21-12-14-22(15-13-21)30-28-31-26-9-5-4-8-25(26)27(32-28)33(2)3/h4-11,16-18,21-22,29H,12-15,19H2,1-3H3,(H,30,31,32). The highest BCUT2D eigenvalue weighted by Gasteiger charge is 2.24. The van der Waals surface area contributed by atoms with Crippen molar-refractivity contribution in [2.45, 2.75) is 56.1 Å². The summed E-state index contributed by atoms with van der Waals surface area (Å²) in [6.45, 7) is 2.45. The molecule has 0 amide bonds. The largest absolute Gasteiger partial charge is 0.362 e. The van der Waals surface area contributed by atoms with Gasteiger partial charge in [0.15, 0.2) is 0 Å². The zero-order valence-corrected chi connectivity index (χ0v) is 22.4. The van der Waals surface area contributed by atoms with Crippen LogP contribution in [0.4, 0.5) is 11.8 Å². The zero-order valence-electron chi connectivity index (χ0n) is 21.6. The summed E-state index contributed by atoms with van der Waals surface area (Å²) in [7, 11) is 0.380. The fourth-order valence-electron chi connectivity index (χ4n) is 4.94. The zero-order chi connectivity index (χ0) is 26.0. The highest BCUT2D eigenvalue weighted by Crippen LogP contribution is 2.26. The topological polar surface area (TPSA) is 92.2 Å². The van der Waals surface area contributed by atoms with Crippen LogP contribution in [0.1, 0.15) is 36.9 Å². The van der Waals surface area contributed by atoms with Gasteiger partial charge < -0.3 is 15.5 Å². The van der Waals surface area contributed by atoms with Gasteiger partial charge in [-0.3, -0.25) is 0 Å². The molecule has 0 saturated heterocycles. The molecular formula is C28H34N6O2S. The van der Waals surface area contributed by atoms with Crippen LogP contribution < -0.4 is 15.5 Å². The maximum Gasteiger partial charge on any atom is 0.267 e. The van der Waals surface area contributed by atoms with Crippen LogP contribution in [0.5, 0.6) is 0 Å². The van der Waals surface area contributed by atoms with E-state index >= 15 is 0 Å². The van der Waals surface area contributed by atoms with E-state index in [9.17, 15) is 8.42 Å². The van der Waals surface area contributed by atoms with E-state index in [2.05, 4.69) is 10.6 Å². The number of hydrogen-bond acceptors (Lipinski definition) is 7. The number of aromatic nitrogens is 3. The average molecular weight is 519 g/mol. The predicted molar refractivity (Wildman–Crippen MR) is 149 cm³/mol. The molecule has 4 aromatic rings. The van der Waals surface area contributed by atoms with Crippen LogP contribution in [0.3, 0.4) is 0 Å². The normalized spacial score (nSPS) is 18.1. The maximum atomic E-state index is 13.2. The molecule has 5 rings (SSSR count). The molecule has 2 heterocycles. The summed E-state index contributed by atoms with van der Waals surface area (Å²) >= 11 is 0. The third-order valence-electron chi connectivity index (χ3n) is 7.01. The molecule has 0 radical (unpaired) electrons. The Balaban J connectivity index is 1.19. The number of nitrogens with zero attached hydrogens (tertiary/aromatic N) is 4.